The average Bonchev–Trinajstić information content (AvgIpc) is 2.55. The van der Waals surface area contributed by atoms with Gasteiger partial charge in [-0.25, -0.2) is 0 Å². The minimum Gasteiger partial charge on any atom is -0.325 e. The molecule has 3 nitrogen and oxygen atoms in total. The van der Waals surface area contributed by atoms with E-state index >= 15 is 0 Å². The summed E-state index contributed by atoms with van der Waals surface area (Å²) in [4.78, 5) is 12.2. The molecular weight excluding hydrogens is 272 g/mol. The second-order valence-electron chi connectivity index (χ2n) is 5.35. The summed E-state index contributed by atoms with van der Waals surface area (Å²) in [6.07, 6.45) is 0.528. The maximum atomic E-state index is 12.2. The van der Waals surface area contributed by atoms with Gasteiger partial charge in [0.15, 0.2) is 0 Å². The van der Waals surface area contributed by atoms with Gasteiger partial charge in [-0.2, -0.15) is 0 Å². The highest BCUT2D eigenvalue weighted by molar-refractivity contribution is 5.97. The first-order chi connectivity index (χ1) is 10.7. The van der Waals surface area contributed by atoms with Crippen LogP contribution in [-0.4, -0.2) is 11.9 Å². The molecule has 3 aromatic carbocycles. The van der Waals surface area contributed by atoms with Gasteiger partial charge in [0.25, 0.3) is 0 Å². The van der Waals surface area contributed by atoms with Gasteiger partial charge < -0.3 is 11.1 Å². The van der Waals surface area contributed by atoms with E-state index in [1.807, 2.05) is 72.8 Å². The van der Waals surface area contributed by atoms with Crippen LogP contribution in [0.1, 0.15) is 5.56 Å². The number of hydrogen-bond acceptors (Lipinski definition) is 2. The van der Waals surface area contributed by atoms with Crippen molar-refractivity contribution in [2.75, 3.05) is 5.32 Å². The van der Waals surface area contributed by atoms with Crippen molar-refractivity contribution in [3.05, 3.63) is 78.4 Å². The third-order valence-corrected chi connectivity index (χ3v) is 3.65. The smallest absolute Gasteiger partial charge is 0.241 e. The Morgan fingerprint density at radius 1 is 0.909 bits per heavy atom. The normalized spacial score (nSPS) is 12.0. The first kappa shape index (κ1) is 14.3. The van der Waals surface area contributed by atoms with Gasteiger partial charge in [0.2, 0.25) is 5.91 Å². The monoisotopic (exact) mass is 290 g/mol. The molecule has 0 fully saturated rings. The molecule has 0 aliphatic carbocycles. The number of rotatable bonds is 4. The highest BCUT2D eigenvalue weighted by Crippen LogP contribution is 2.19. The van der Waals surface area contributed by atoms with E-state index in [1.54, 1.807) is 0 Å². The highest BCUT2D eigenvalue weighted by atomic mass is 16.2. The van der Waals surface area contributed by atoms with Gasteiger partial charge in [-0.05, 0) is 34.9 Å². The summed E-state index contributed by atoms with van der Waals surface area (Å²) in [5.74, 6) is -0.167. The van der Waals surface area contributed by atoms with Crippen molar-refractivity contribution < 1.29 is 4.79 Å². The fourth-order valence-electron chi connectivity index (χ4n) is 2.46. The van der Waals surface area contributed by atoms with Crippen molar-refractivity contribution in [2.24, 2.45) is 5.73 Å². The van der Waals surface area contributed by atoms with Crippen molar-refractivity contribution in [1.29, 1.82) is 0 Å². The van der Waals surface area contributed by atoms with Crippen LogP contribution in [0.2, 0.25) is 0 Å². The molecule has 0 spiro atoms. The Kier molecular flexibility index (Phi) is 4.17. The summed E-state index contributed by atoms with van der Waals surface area (Å²) in [5, 5.41) is 5.13. The van der Waals surface area contributed by atoms with Crippen LogP contribution in [0.15, 0.2) is 72.8 Å². The molecule has 0 saturated carbocycles. The van der Waals surface area contributed by atoms with E-state index in [0.29, 0.717) is 6.42 Å². The Morgan fingerprint density at radius 3 is 2.36 bits per heavy atom. The molecule has 1 amide bonds. The summed E-state index contributed by atoms with van der Waals surface area (Å²) < 4.78 is 0. The topological polar surface area (TPSA) is 55.1 Å². The number of hydrogen-bond donors (Lipinski definition) is 2. The Labute approximate surface area is 129 Å². The van der Waals surface area contributed by atoms with Crippen LogP contribution in [-0.2, 0) is 11.2 Å². The zero-order chi connectivity index (χ0) is 15.4. The maximum absolute atomic E-state index is 12.2. The summed E-state index contributed by atoms with van der Waals surface area (Å²) in [5.41, 5.74) is 7.83. The van der Waals surface area contributed by atoms with Gasteiger partial charge in [-0.15, -0.1) is 0 Å². The second-order valence-corrected chi connectivity index (χ2v) is 5.35. The fraction of sp³-hybridized carbons (Fsp3) is 0.105. The molecular formula is C19H18N2O. The lowest BCUT2D eigenvalue weighted by Crippen LogP contribution is -2.37. The standard InChI is InChI=1S/C19H18N2O/c20-18(12-14-6-2-1-3-7-14)19(22)21-17-11-10-15-8-4-5-9-16(15)13-17/h1-11,13,18H,12,20H2,(H,21,22)/t18-/m0/s1. The van der Waals surface area contributed by atoms with Gasteiger partial charge in [0.05, 0.1) is 6.04 Å². The Hall–Kier alpha value is -2.65. The van der Waals surface area contributed by atoms with Crippen LogP contribution in [0.25, 0.3) is 10.8 Å². The van der Waals surface area contributed by atoms with Gasteiger partial charge >= 0.3 is 0 Å². The molecule has 0 radical (unpaired) electrons. The molecule has 0 aromatic heterocycles. The molecule has 1 atom stereocenters. The van der Waals surface area contributed by atoms with Crippen LogP contribution >= 0.6 is 0 Å². The van der Waals surface area contributed by atoms with Crippen molar-refractivity contribution in [1.82, 2.24) is 0 Å². The van der Waals surface area contributed by atoms with Crippen molar-refractivity contribution in [3.8, 4) is 0 Å². The van der Waals surface area contributed by atoms with Crippen LogP contribution in [0.3, 0.4) is 0 Å². The Bertz CT molecular complexity index is 784. The van der Waals surface area contributed by atoms with Gasteiger partial charge in [-0.3, -0.25) is 4.79 Å². The second kappa shape index (κ2) is 6.41. The summed E-state index contributed by atoms with van der Waals surface area (Å²) in [7, 11) is 0. The van der Waals surface area contributed by atoms with Gasteiger partial charge in [0, 0.05) is 5.69 Å². The molecule has 0 bridgehead atoms. The third kappa shape index (κ3) is 3.32. The number of nitrogens with one attached hydrogen (secondary N) is 1. The number of nitrogens with two attached hydrogens (primary N) is 1. The quantitative estimate of drug-likeness (QED) is 0.774. The molecule has 110 valence electrons. The van der Waals surface area contributed by atoms with E-state index in [9.17, 15) is 4.79 Å². The lowest BCUT2D eigenvalue weighted by atomic mass is 10.1. The van der Waals surface area contributed by atoms with Crippen LogP contribution in [0.5, 0.6) is 0 Å². The zero-order valence-corrected chi connectivity index (χ0v) is 12.2. The lowest BCUT2D eigenvalue weighted by molar-refractivity contribution is -0.117. The van der Waals surface area contributed by atoms with E-state index in [2.05, 4.69) is 5.32 Å². The van der Waals surface area contributed by atoms with E-state index in [-0.39, 0.29) is 5.91 Å². The van der Waals surface area contributed by atoms with Crippen LogP contribution < -0.4 is 11.1 Å². The van der Waals surface area contributed by atoms with E-state index in [0.717, 1.165) is 22.0 Å². The summed E-state index contributed by atoms with van der Waals surface area (Å²) in [6, 6.07) is 23.1. The minimum atomic E-state index is -0.561. The molecule has 22 heavy (non-hydrogen) atoms. The van der Waals surface area contributed by atoms with Crippen molar-refractivity contribution >= 4 is 22.4 Å². The predicted molar refractivity (Wildman–Crippen MR) is 90.7 cm³/mol. The average molecular weight is 290 g/mol. The first-order valence-corrected chi connectivity index (χ1v) is 7.31. The molecule has 0 saturated heterocycles. The third-order valence-electron chi connectivity index (χ3n) is 3.65. The number of benzene rings is 3. The molecule has 0 aliphatic heterocycles. The molecule has 0 aliphatic rings. The fourth-order valence-corrected chi connectivity index (χ4v) is 2.46. The van der Waals surface area contributed by atoms with E-state index in [1.165, 1.54) is 0 Å². The van der Waals surface area contributed by atoms with Crippen molar-refractivity contribution in [3.63, 3.8) is 0 Å². The van der Waals surface area contributed by atoms with Gasteiger partial charge in [-0.1, -0.05) is 60.7 Å². The van der Waals surface area contributed by atoms with E-state index < -0.39 is 6.04 Å². The first-order valence-electron chi connectivity index (χ1n) is 7.31. The number of fused-ring (bicyclic) bond motifs is 1. The lowest BCUT2D eigenvalue weighted by Gasteiger charge is -2.13. The van der Waals surface area contributed by atoms with Crippen molar-refractivity contribution in [2.45, 2.75) is 12.5 Å². The highest BCUT2D eigenvalue weighted by Gasteiger charge is 2.14. The van der Waals surface area contributed by atoms with E-state index in [4.69, 9.17) is 5.73 Å². The Balaban J connectivity index is 1.69. The largest absolute Gasteiger partial charge is 0.325 e. The van der Waals surface area contributed by atoms with Crippen LogP contribution in [0.4, 0.5) is 5.69 Å². The Morgan fingerprint density at radius 2 is 1.59 bits per heavy atom. The maximum Gasteiger partial charge on any atom is 0.241 e. The molecule has 0 unspecified atom stereocenters. The molecule has 3 heteroatoms. The molecule has 0 heterocycles. The molecule has 3 N–H and O–H groups in total. The predicted octanol–water partition coefficient (Wildman–Crippen LogP) is 3.35. The minimum absolute atomic E-state index is 0.167. The molecule has 3 rings (SSSR count). The SMILES string of the molecule is N[C@@H](Cc1ccccc1)C(=O)Nc1ccc2ccccc2c1. The zero-order valence-electron chi connectivity index (χ0n) is 12.2. The van der Waals surface area contributed by atoms with Gasteiger partial charge in [0.1, 0.15) is 0 Å². The number of carbonyl (C=O) groups is 1. The number of amides is 1. The number of anilines is 1. The molecule has 3 aromatic rings. The number of carbonyl (C=O) groups excluding carboxylic acids is 1. The summed E-state index contributed by atoms with van der Waals surface area (Å²) in [6.45, 7) is 0. The summed E-state index contributed by atoms with van der Waals surface area (Å²) >= 11 is 0. The van der Waals surface area contributed by atoms with Crippen LogP contribution in [0, 0.1) is 0 Å².